The van der Waals surface area contributed by atoms with Gasteiger partial charge in [0.1, 0.15) is 0 Å². The van der Waals surface area contributed by atoms with Crippen LogP contribution in [0.2, 0.25) is 0 Å². The van der Waals surface area contributed by atoms with Gasteiger partial charge in [-0.3, -0.25) is 4.79 Å². The Kier molecular flexibility index (Phi) is 4.51. The van der Waals surface area contributed by atoms with Crippen LogP contribution in [0.3, 0.4) is 0 Å². The molecule has 2 aromatic heterocycles. The summed E-state index contributed by atoms with van der Waals surface area (Å²) in [7, 11) is 0. The Labute approximate surface area is 142 Å². The highest BCUT2D eigenvalue weighted by Crippen LogP contribution is 2.26. The molecule has 0 unspecified atom stereocenters. The first kappa shape index (κ1) is 16.4. The number of hydrogen-bond acceptors (Lipinski definition) is 3. The molecule has 3 rings (SSSR count). The second kappa shape index (κ2) is 6.59. The van der Waals surface area contributed by atoms with Gasteiger partial charge in [0.25, 0.3) is 0 Å². The zero-order valence-corrected chi connectivity index (χ0v) is 14.7. The minimum atomic E-state index is -0.00532. The number of para-hydroxylation sites is 1. The van der Waals surface area contributed by atoms with E-state index in [9.17, 15) is 4.79 Å². The average Bonchev–Trinajstić information content (AvgIpc) is 2.80. The quantitative estimate of drug-likeness (QED) is 0.764. The summed E-state index contributed by atoms with van der Waals surface area (Å²) < 4.78 is 1.90. The van der Waals surface area contributed by atoms with Crippen LogP contribution >= 0.6 is 0 Å². The summed E-state index contributed by atoms with van der Waals surface area (Å²) in [6.07, 6.45) is 0.486. The number of nitrogens with zero attached hydrogens (tertiary/aromatic N) is 3. The van der Waals surface area contributed by atoms with E-state index in [1.807, 2.05) is 42.8 Å². The van der Waals surface area contributed by atoms with E-state index >= 15 is 0 Å². The maximum atomic E-state index is 12.2. The number of fused-ring (bicyclic) bond motifs is 2. The molecule has 0 spiro atoms. The summed E-state index contributed by atoms with van der Waals surface area (Å²) >= 11 is 0. The SMILES string of the molecule is CC(C)CC(=O)Nc1nn(CC(C)C)c2nc3ccccc3cc12. The predicted molar refractivity (Wildman–Crippen MR) is 98.0 cm³/mol. The number of carbonyl (C=O) groups excluding carboxylic acids is 1. The lowest BCUT2D eigenvalue weighted by Crippen LogP contribution is -2.15. The van der Waals surface area contributed by atoms with Gasteiger partial charge in [-0.15, -0.1) is 0 Å². The van der Waals surface area contributed by atoms with Gasteiger partial charge in [0.15, 0.2) is 11.5 Å². The van der Waals surface area contributed by atoms with E-state index in [4.69, 9.17) is 4.98 Å². The maximum Gasteiger partial charge on any atom is 0.225 e. The van der Waals surface area contributed by atoms with Crippen LogP contribution in [0.5, 0.6) is 0 Å². The van der Waals surface area contributed by atoms with Crippen LogP contribution < -0.4 is 5.32 Å². The fraction of sp³-hybridized carbons (Fsp3) is 0.421. The highest BCUT2D eigenvalue weighted by atomic mass is 16.1. The van der Waals surface area contributed by atoms with Crippen LogP contribution in [0.4, 0.5) is 5.82 Å². The van der Waals surface area contributed by atoms with Crippen molar-refractivity contribution < 1.29 is 4.79 Å². The zero-order valence-electron chi connectivity index (χ0n) is 14.7. The van der Waals surface area contributed by atoms with Crippen molar-refractivity contribution in [1.82, 2.24) is 14.8 Å². The first-order chi connectivity index (χ1) is 11.4. The molecule has 0 aliphatic carbocycles. The molecule has 5 nitrogen and oxygen atoms in total. The van der Waals surface area contributed by atoms with Gasteiger partial charge in [-0.05, 0) is 24.0 Å². The first-order valence-corrected chi connectivity index (χ1v) is 8.50. The Hall–Kier alpha value is -2.43. The highest BCUT2D eigenvalue weighted by molar-refractivity contribution is 6.02. The Balaban J connectivity index is 2.10. The normalized spacial score (nSPS) is 11.8. The van der Waals surface area contributed by atoms with E-state index in [1.165, 1.54) is 0 Å². The van der Waals surface area contributed by atoms with Crippen LogP contribution in [0.1, 0.15) is 34.1 Å². The number of aromatic nitrogens is 3. The minimum absolute atomic E-state index is 0.00532. The summed E-state index contributed by atoms with van der Waals surface area (Å²) in [6, 6.07) is 10.1. The second-order valence-corrected chi connectivity index (χ2v) is 7.12. The van der Waals surface area contributed by atoms with Crippen LogP contribution in [0, 0.1) is 11.8 Å². The van der Waals surface area contributed by atoms with Crippen molar-refractivity contribution in [2.45, 2.75) is 40.7 Å². The van der Waals surface area contributed by atoms with E-state index in [0.29, 0.717) is 24.1 Å². The van der Waals surface area contributed by atoms with Crippen molar-refractivity contribution >= 4 is 33.7 Å². The number of hydrogen-bond donors (Lipinski definition) is 1. The van der Waals surface area contributed by atoms with E-state index in [-0.39, 0.29) is 5.91 Å². The molecule has 0 radical (unpaired) electrons. The first-order valence-electron chi connectivity index (χ1n) is 8.50. The molecule has 2 heterocycles. The molecule has 5 heteroatoms. The van der Waals surface area contributed by atoms with E-state index in [1.54, 1.807) is 0 Å². The fourth-order valence-corrected chi connectivity index (χ4v) is 2.82. The van der Waals surface area contributed by atoms with Gasteiger partial charge in [0.2, 0.25) is 5.91 Å². The topological polar surface area (TPSA) is 59.8 Å². The number of rotatable bonds is 5. The molecule has 0 fully saturated rings. The van der Waals surface area contributed by atoms with Gasteiger partial charge in [-0.25, -0.2) is 9.67 Å². The van der Waals surface area contributed by atoms with Crippen LogP contribution in [0.25, 0.3) is 21.9 Å². The molecule has 24 heavy (non-hydrogen) atoms. The lowest BCUT2D eigenvalue weighted by molar-refractivity contribution is -0.116. The van der Waals surface area contributed by atoms with Gasteiger partial charge in [-0.1, -0.05) is 45.9 Å². The number of amides is 1. The lowest BCUT2D eigenvalue weighted by Gasteiger charge is -2.06. The molecule has 0 aliphatic rings. The van der Waals surface area contributed by atoms with Crippen LogP contribution in [-0.2, 0) is 11.3 Å². The molecule has 1 N–H and O–H groups in total. The molecule has 126 valence electrons. The molecule has 0 bridgehead atoms. The molecule has 3 aromatic rings. The number of carbonyl (C=O) groups is 1. The molecule has 1 amide bonds. The molecule has 0 saturated heterocycles. The average molecular weight is 324 g/mol. The van der Waals surface area contributed by atoms with Crippen LogP contribution in [0.15, 0.2) is 30.3 Å². The van der Waals surface area contributed by atoms with Gasteiger partial charge in [-0.2, -0.15) is 5.10 Å². The highest BCUT2D eigenvalue weighted by Gasteiger charge is 2.16. The number of anilines is 1. The summed E-state index contributed by atoms with van der Waals surface area (Å²) in [5, 5.41) is 9.53. The number of benzene rings is 1. The fourth-order valence-electron chi connectivity index (χ4n) is 2.82. The maximum absolute atomic E-state index is 12.2. The monoisotopic (exact) mass is 324 g/mol. The number of nitrogens with one attached hydrogen (secondary N) is 1. The molecule has 0 saturated carbocycles. The lowest BCUT2D eigenvalue weighted by atomic mass is 10.1. The third-order valence-corrected chi connectivity index (χ3v) is 3.81. The van der Waals surface area contributed by atoms with Crippen molar-refractivity contribution in [3.05, 3.63) is 30.3 Å². The summed E-state index contributed by atoms with van der Waals surface area (Å²) in [6.45, 7) is 9.12. The van der Waals surface area contributed by atoms with Crippen molar-refractivity contribution in [3.63, 3.8) is 0 Å². The summed E-state index contributed by atoms with van der Waals surface area (Å²) in [5.41, 5.74) is 1.76. The van der Waals surface area contributed by atoms with Crippen molar-refractivity contribution in [2.75, 3.05) is 5.32 Å². The van der Waals surface area contributed by atoms with E-state index in [0.717, 1.165) is 28.5 Å². The van der Waals surface area contributed by atoms with E-state index in [2.05, 4.69) is 30.3 Å². The molecular formula is C19H24N4O. The Morgan fingerprint density at radius 1 is 1.17 bits per heavy atom. The van der Waals surface area contributed by atoms with Gasteiger partial charge in [0, 0.05) is 18.4 Å². The Morgan fingerprint density at radius 3 is 2.62 bits per heavy atom. The minimum Gasteiger partial charge on any atom is -0.309 e. The van der Waals surface area contributed by atoms with E-state index < -0.39 is 0 Å². The predicted octanol–water partition coefficient (Wildman–Crippen LogP) is 4.23. The molecular weight excluding hydrogens is 300 g/mol. The standard InChI is InChI=1S/C19H24N4O/c1-12(2)9-17(24)21-18-15-10-14-7-5-6-8-16(14)20-19(15)23(22-18)11-13(3)4/h5-8,10,12-13H,9,11H2,1-4H3,(H,21,22,24). The zero-order chi connectivity index (χ0) is 17.3. The third kappa shape index (κ3) is 3.40. The van der Waals surface area contributed by atoms with Crippen molar-refractivity contribution in [2.24, 2.45) is 11.8 Å². The van der Waals surface area contributed by atoms with Crippen molar-refractivity contribution in [3.8, 4) is 0 Å². The van der Waals surface area contributed by atoms with Crippen LogP contribution in [-0.4, -0.2) is 20.7 Å². The molecule has 0 atom stereocenters. The number of pyridine rings is 1. The molecule has 1 aromatic carbocycles. The van der Waals surface area contributed by atoms with Gasteiger partial charge in [0.05, 0.1) is 10.9 Å². The summed E-state index contributed by atoms with van der Waals surface area (Å²) in [5.74, 6) is 1.36. The molecule has 0 aliphatic heterocycles. The van der Waals surface area contributed by atoms with Gasteiger partial charge < -0.3 is 5.32 Å². The third-order valence-electron chi connectivity index (χ3n) is 3.81. The Bertz CT molecular complexity index is 880. The largest absolute Gasteiger partial charge is 0.309 e. The van der Waals surface area contributed by atoms with Gasteiger partial charge >= 0.3 is 0 Å². The van der Waals surface area contributed by atoms with Crippen molar-refractivity contribution in [1.29, 1.82) is 0 Å². The smallest absolute Gasteiger partial charge is 0.225 e. The Morgan fingerprint density at radius 2 is 1.92 bits per heavy atom. The second-order valence-electron chi connectivity index (χ2n) is 7.12. The summed E-state index contributed by atoms with van der Waals surface area (Å²) in [4.78, 5) is 16.9.